The van der Waals surface area contributed by atoms with E-state index in [-0.39, 0.29) is 18.0 Å². The van der Waals surface area contributed by atoms with Crippen LogP contribution in [0.2, 0.25) is 0 Å². The molecule has 5 heteroatoms. The van der Waals surface area contributed by atoms with Gasteiger partial charge in [-0.1, -0.05) is 40.2 Å². The van der Waals surface area contributed by atoms with Crippen LogP contribution in [-0.4, -0.2) is 15.5 Å². The van der Waals surface area contributed by atoms with Gasteiger partial charge in [-0.25, -0.2) is 18.2 Å². The fourth-order valence-corrected chi connectivity index (χ4v) is 2.38. The molecular formula is C18H27F3N2. The Balaban J connectivity index is 0.000000477. The van der Waals surface area contributed by atoms with E-state index in [0.29, 0.717) is 11.3 Å². The molecule has 3 rings (SSSR count). The molecule has 0 spiro atoms. The second-order valence-corrected chi connectivity index (χ2v) is 5.77. The fourth-order valence-electron chi connectivity index (χ4n) is 2.38. The lowest BCUT2D eigenvalue weighted by Gasteiger charge is -2.12. The molecule has 130 valence electrons. The predicted molar refractivity (Wildman–Crippen MR) is 89.7 cm³/mol. The molecule has 2 nitrogen and oxygen atoms in total. The third-order valence-electron chi connectivity index (χ3n) is 3.35. The van der Waals surface area contributed by atoms with Crippen molar-refractivity contribution in [1.29, 1.82) is 0 Å². The number of aromatic nitrogens is 2. The van der Waals surface area contributed by atoms with Gasteiger partial charge >= 0.3 is 0 Å². The lowest BCUT2D eigenvalue weighted by atomic mass is 10.2. The van der Waals surface area contributed by atoms with Crippen LogP contribution in [-0.2, 0) is 0 Å². The highest BCUT2D eigenvalue weighted by molar-refractivity contribution is 5.77. The van der Waals surface area contributed by atoms with Crippen LogP contribution in [0.3, 0.4) is 0 Å². The minimum Gasteiger partial charge on any atom is -0.325 e. The molecule has 0 saturated heterocycles. The zero-order valence-electron chi connectivity index (χ0n) is 14.8. The molecular weight excluding hydrogens is 301 g/mol. The van der Waals surface area contributed by atoms with Crippen LogP contribution in [0.1, 0.15) is 72.2 Å². The SMILES string of the molecule is CC.CC(C)n1c(C2CC2(F)F)nc2c(F)cccc21.CCC. The first kappa shape index (κ1) is 19.5. The third-order valence-corrected chi connectivity index (χ3v) is 3.35. The maximum absolute atomic E-state index is 13.7. The third kappa shape index (κ3) is 4.06. The van der Waals surface area contributed by atoms with E-state index >= 15 is 0 Å². The molecule has 0 amide bonds. The maximum Gasteiger partial charge on any atom is 0.259 e. The van der Waals surface area contributed by atoms with Gasteiger partial charge in [-0.15, -0.1) is 0 Å². The Morgan fingerprint density at radius 3 is 2.22 bits per heavy atom. The van der Waals surface area contributed by atoms with E-state index in [1.54, 1.807) is 16.7 Å². The molecule has 1 fully saturated rings. The Morgan fingerprint density at radius 1 is 1.26 bits per heavy atom. The van der Waals surface area contributed by atoms with Gasteiger partial charge in [0.1, 0.15) is 11.3 Å². The molecule has 1 aromatic carbocycles. The number of hydrogen-bond acceptors (Lipinski definition) is 1. The number of para-hydroxylation sites is 1. The van der Waals surface area contributed by atoms with Gasteiger partial charge in [-0.05, 0) is 26.0 Å². The summed E-state index contributed by atoms with van der Waals surface area (Å²) in [5, 5.41) is 0. The summed E-state index contributed by atoms with van der Waals surface area (Å²) in [4.78, 5) is 4.10. The van der Waals surface area contributed by atoms with Crippen molar-refractivity contribution in [2.75, 3.05) is 0 Å². The van der Waals surface area contributed by atoms with Crippen LogP contribution in [0.4, 0.5) is 13.2 Å². The van der Waals surface area contributed by atoms with Crippen LogP contribution < -0.4 is 0 Å². The van der Waals surface area contributed by atoms with Gasteiger partial charge in [0, 0.05) is 12.5 Å². The molecule has 23 heavy (non-hydrogen) atoms. The van der Waals surface area contributed by atoms with E-state index < -0.39 is 17.7 Å². The van der Waals surface area contributed by atoms with Gasteiger partial charge in [0.25, 0.3) is 5.92 Å². The molecule has 2 aromatic rings. The molecule has 1 atom stereocenters. The zero-order chi connectivity index (χ0) is 17.8. The zero-order valence-corrected chi connectivity index (χ0v) is 14.8. The molecule has 1 unspecified atom stereocenters. The summed E-state index contributed by atoms with van der Waals surface area (Å²) in [6.07, 6.45) is 1.06. The van der Waals surface area contributed by atoms with E-state index in [2.05, 4.69) is 18.8 Å². The second-order valence-electron chi connectivity index (χ2n) is 5.77. The maximum atomic E-state index is 13.7. The number of benzene rings is 1. The van der Waals surface area contributed by atoms with E-state index in [9.17, 15) is 13.2 Å². The largest absolute Gasteiger partial charge is 0.325 e. The van der Waals surface area contributed by atoms with Gasteiger partial charge in [-0.3, -0.25) is 0 Å². The van der Waals surface area contributed by atoms with Crippen LogP contribution in [0.5, 0.6) is 0 Å². The van der Waals surface area contributed by atoms with Crippen LogP contribution in [0.25, 0.3) is 11.0 Å². The molecule has 1 aliphatic rings. The number of imidazole rings is 1. The van der Waals surface area contributed by atoms with Crippen molar-refractivity contribution >= 4 is 11.0 Å². The van der Waals surface area contributed by atoms with Gasteiger partial charge in [0.15, 0.2) is 5.82 Å². The Hall–Kier alpha value is -1.52. The summed E-state index contributed by atoms with van der Waals surface area (Å²) in [6, 6.07) is 4.57. The van der Waals surface area contributed by atoms with Crippen LogP contribution >= 0.6 is 0 Å². The van der Waals surface area contributed by atoms with Crippen molar-refractivity contribution in [3.63, 3.8) is 0 Å². The second kappa shape index (κ2) is 7.84. The molecule has 1 aliphatic carbocycles. The van der Waals surface area contributed by atoms with Crippen molar-refractivity contribution in [2.24, 2.45) is 0 Å². The number of rotatable bonds is 2. The van der Waals surface area contributed by atoms with Crippen molar-refractivity contribution in [3.8, 4) is 0 Å². The number of nitrogens with zero attached hydrogens (tertiary/aromatic N) is 2. The summed E-state index contributed by atoms with van der Waals surface area (Å²) >= 11 is 0. The minimum absolute atomic E-state index is 0.0248. The van der Waals surface area contributed by atoms with Gasteiger partial charge in [-0.2, -0.15) is 0 Å². The number of fused-ring (bicyclic) bond motifs is 1. The van der Waals surface area contributed by atoms with Crippen LogP contribution in [0.15, 0.2) is 18.2 Å². The Kier molecular flexibility index (Phi) is 6.66. The van der Waals surface area contributed by atoms with Crippen molar-refractivity contribution < 1.29 is 13.2 Å². The molecule has 0 radical (unpaired) electrons. The lowest BCUT2D eigenvalue weighted by molar-refractivity contribution is 0.110. The fraction of sp³-hybridized carbons (Fsp3) is 0.611. The molecule has 1 heterocycles. The van der Waals surface area contributed by atoms with Crippen molar-refractivity contribution in [2.45, 2.75) is 72.3 Å². The minimum atomic E-state index is -2.69. The van der Waals surface area contributed by atoms with Gasteiger partial charge in [0.2, 0.25) is 0 Å². The lowest BCUT2D eigenvalue weighted by Crippen LogP contribution is -2.07. The molecule has 0 bridgehead atoms. The highest BCUT2D eigenvalue weighted by Crippen LogP contribution is 2.56. The highest BCUT2D eigenvalue weighted by atomic mass is 19.3. The number of alkyl halides is 2. The summed E-state index contributed by atoms with van der Waals surface area (Å²) < 4.78 is 41.8. The normalized spacial score (nSPS) is 18.1. The predicted octanol–water partition coefficient (Wildman–Crippen LogP) is 6.32. The van der Waals surface area contributed by atoms with Crippen molar-refractivity contribution in [3.05, 3.63) is 29.8 Å². The summed E-state index contributed by atoms with van der Waals surface area (Å²) in [5.41, 5.74) is 0.770. The standard InChI is InChI=1S/C13H13F3N2.C3H8.C2H6/c1-7(2)18-10-5-3-4-9(14)11(10)17-12(18)8-6-13(8,15)16;1-3-2;1-2/h3-5,7-8H,6H2,1-2H3;3H2,1-2H3;1-2H3. The van der Waals surface area contributed by atoms with Crippen LogP contribution in [0, 0.1) is 5.82 Å². The summed E-state index contributed by atoms with van der Waals surface area (Å²) in [7, 11) is 0. The first-order chi connectivity index (χ1) is 10.8. The monoisotopic (exact) mass is 328 g/mol. The first-order valence-electron chi connectivity index (χ1n) is 8.37. The topological polar surface area (TPSA) is 17.8 Å². The Morgan fingerprint density at radius 2 is 1.78 bits per heavy atom. The molecule has 1 saturated carbocycles. The van der Waals surface area contributed by atoms with Crippen molar-refractivity contribution in [1.82, 2.24) is 9.55 Å². The summed E-state index contributed by atoms with van der Waals surface area (Å²) in [6.45, 7) is 12.0. The Bertz CT molecular complexity index is 632. The number of halogens is 3. The van der Waals surface area contributed by atoms with E-state index in [0.717, 1.165) is 0 Å². The van der Waals surface area contributed by atoms with Gasteiger partial charge in [0.05, 0.1) is 11.4 Å². The quantitative estimate of drug-likeness (QED) is 0.630. The van der Waals surface area contributed by atoms with Gasteiger partial charge < -0.3 is 4.57 Å². The molecule has 0 aliphatic heterocycles. The molecule has 1 aromatic heterocycles. The average Bonchev–Trinajstić information content (AvgIpc) is 2.96. The smallest absolute Gasteiger partial charge is 0.259 e. The highest BCUT2D eigenvalue weighted by Gasteiger charge is 2.60. The number of hydrogen-bond donors (Lipinski definition) is 0. The Labute approximate surface area is 136 Å². The van der Waals surface area contributed by atoms with E-state index in [4.69, 9.17) is 0 Å². The average molecular weight is 328 g/mol. The van der Waals surface area contributed by atoms with E-state index in [1.165, 1.54) is 12.5 Å². The molecule has 0 N–H and O–H groups in total. The van der Waals surface area contributed by atoms with E-state index in [1.807, 2.05) is 27.7 Å². The summed E-state index contributed by atoms with van der Waals surface area (Å²) in [5.74, 6) is -3.72. The first-order valence-corrected chi connectivity index (χ1v) is 8.37.